The smallest absolute Gasteiger partial charge is 0.356 e. The first-order valence-corrected chi connectivity index (χ1v) is 40.4. The van der Waals surface area contributed by atoms with Gasteiger partial charge < -0.3 is 60.3 Å². The molecule has 6 heterocycles. The maximum Gasteiger partial charge on any atom is 0.416 e. The number of imidazole rings is 3. The van der Waals surface area contributed by atoms with Crippen LogP contribution in [-0.4, -0.2) is 145 Å². The highest BCUT2D eigenvalue weighted by molar-refractivity contribution is 5.90. The van der Waals surface area contributed by atoms with Crippen molar-refractivity contribution in [1.29, 1.82) is 0 Å². The van der Waals surface area contributed by atoms with Gasteiger partial charge in [0.1, 0.15) is 0 Å². The molecule has 3 aromatic heterocycles. The first-order chi connectivity index (χ1) is 56.7. The number of nitrogens with zero attached hydrogens (tertiary/aromatic N) is 10. The molecule has 15 rings (SSSR count). The van der Waals surface area contributed by atoms with Crippen LogP contribution in [0.25, 0.3) is 33.1 Å². The van der Waals surface area contributed by atoms with Gasteiger partial charge in [-0.3, -0.25) is 24.5 Å². The molecule has 0 radical (unpaired) electrons. The number of amides is 3. The maximum absolute atomic E-state index is 13.8. The number of nitro groups is 1. The van der Waals surface area contributed by atoms with Crippen molar-refractivity contribution in [3.8, 4) is 0 Å². The van der Waals surface area contributed by atoms with E-state index < -0.39 is 23.4 Å². The second-order valence-electron chi connectivity index (χ2n) is 30.5. The zero-order valence-corrected chi connectivity index (χ0v) is 66.3. The topological polar surface area (TPSA) is 230 Å². The summed E-state index contributed by atoms with van der Waals surface area (Å²) in [5.41, 5.74) is 13.6. The van der Waals surface area contributed by atoms with Gasteiger partial charge in [-0.15, -0.1) is 0 Å². The highest BCUT2D eigenvalue weighted by Crippen LogP contribution is 2.36. The number of alkyl halides is 3. The number of aromatic nitrogens is 6. The molecule has 3 aliphatic heterocycles. The minimum atomic E-state index is -4.38. The minimum absolute atomic E-state index is 0.0440. The van der Waals surface area contributed by atoms with Gasteiger partial charge in [0.15, 0.2) is 11.6 Å². The summed E-state index contributed by atoms with van der Waals surface area (Å²) in [5.74, 6) is 1.88. The van der Waals surface area contributed by atoms with Crippen molar-refractivity contribution in [2.45, 2.75) is 122 Å². The Bertz CT molecular complexity index is 5350. The average Bonchev–Trinajstić information content (AvgIpc) is 1.66. The number of nitro benzene ring substituents is 1. The van der Waals surface area contributed by atoms with E-state index in [1.807, 2.05) is 112 Å². The lowest BCUT2D eigenvalue weighted by Gasteiger charge is -2.32. The molecule has 610 valence electrons. The molecule has 21 nitrogen and oxygen atoms in total. The lowest BCUT2D eigenvalue weighted by atomic mass is 9.89. The number of likely N-dealkylation sites (tertiary alicyclic amines) is 3. The lowest BCUT2D eigenvalue weighted by molar-refractivity contribution is -0.384. The van der Waals surface area contributed by atoms with Crippen LogP contribution in [0.15, 0.2) is 212 Å². The number of piperidine rings is 3. The number of hydrogen-bond acceptors (Lipinski definition) is 14. The molecule has 0 bridgehead atoms. The van der Waals surface area contributed by atoms with Crippen molar-refractivity contribution in [2.24, 2.45) is 0 Å². The normalized spacial score (nSPS) is 14.6. The Labute approximate surface area is 678 Å². The molecule has 0 unspecified atom stereocenters. The molecular weight excluding hydrogens is 1490 g/mol. The molecule has 3 saturated heterocycles. The van der Waals surface area contributed by atoms with E-state index in [9.17, 15) is 46.5 Å². The number of nitrogens with one attached hydrogen (secondary N) is 6. The summed E-state index contributed by atoms with van der Waals surface area (Å²) in [4.78, 5) is 66.6. The quantitative estimate of drug-likeness (QED) is 0.0116. The van der Waals surface area contributed by atoms with Crippen molar-refractivity contribution in [3.05, 3.63) is 273 Å². The van der Waals surface area contributed by atoms with E-state index in [1.54, 1.807) is 36.4 Å². The van der Waals surface area contributed by atoms with Crippen LogP contribution in [0.4, 0.5) is 62.5 Å². The fourth-order valence-electron chi connectivity index (χ4n) is 16.1. The summed E-state index contributed by atoms with van der Waals surface area (Å²) in [6, 6.07) is 64.3. The van der Waals surface area contributed by atoms with Gasteiger partial charge in [0.05, 0.1) is 63.2 Å². The molecule has 3 aliphatic rings. The van der Waals surface area contributed by atoms with Gasteiger partial charge in [0.25, 0.3) is 5.69 Å². The first-order valence-electron chi connectivity index (χ1n) is 40.4. The highest BCUT2D eigenvalue weighted by atomic mass is 19.4. The van der Waals surface area contributed by atoms with Gasteiger partial charge in [-0.1, -0.05) is 103 Å². The molecule has 117 heavy (non-hydrogen) atoms. The maximum atomic E-state index is 13.8. The second-order valence-corrected chi connectivity index (χ2v) is 30.5. The van der Waals surface area contributed by atoms with Crippen LogP contribution >= 0.6 is 0 Å². The van der Waals surface area contributed by atoms with E-state index in [2.05, 4.69) is 93.6 Å². The predicted molar refractivity (Wildman–Crippen MR) is 454 cm³/mol. The van der Waals surface area contributed by atoms with Crippen molar-refractivity contribution in [3.63, 3.8) is 0 Å². The Balaban J connectivity index is 0.000000152. The number of rotatable bonds is 28. The van der Waals surface area contributed by atoms with E-state index >= 15 is 0 Å². The molecule has 0 spiro atoms. The van der Waals surface area contributed by atoms with E-state index in [4.69, 9.17) is 15.0 Å². The van der Waals surface area contributed by atoms with E-state index in [1.165, 1.54) is 61.7 Å². The van der Waals surface area contributed by atoms with Gasteiger partial charge in [-0.05, 0) is 265 Å². The Hall–Kier alpha value is -11.9. The number of benzene rings is 9. The third-order valence-electron chi connectivity index (χ3n) is 22.0. The summed E-state index contributed by atoms with van der Waals surface area (Å²) >= 11 is 0. The first kappa shape index (κ1) is 83.1. The molecule has 6 N–H and O–H groups in total. The number of hydrogen-bond donors (Lipinski definition) is 6. The zero-order valence-electron chi connectivity index (χ0n) is 66.3. The van der Waals surface area contributed by atoms with Gasteiger partial charge in [0.2, 0.25) is 35.6 Å². The molecule has 26 heteroatoms. The summed E-state index contributed by atoms with van der Waals surface area (Å²) in [7, 11) is 0. The van der Waals surface area contributed by atoms with Crippen LogP contribution in [0.1, 0.15) is 135 Å². The van der Waals surface area contributed by atoms with Gasteiger partial charge in [-0.2, -0.15) is 13.2 Å². The molecule has 0 aliphatic carbocycles. The number of anilines is 6. The average molecular weight is 1590 g/mol. The third-order valence-corrected chi connectivity index (χ3v) is 22.0. The molecule has 0 atom stereocenters. The Morgan fingerprint density at radius 2 is 0.752 bits per heavy atom. The van der Waals surface area contributed by atoms with Crippen molar-refractivity contribution >= 4 is 91.4 Å². The number of halogens is 5. The number of fused-ring (bicyclic) bond motifs is 3. The van der Waals surface area contributed by atoms with Crippen molar-refractivity contribution in [1.82, 2.24) is 43.4 Å². The Morgan fingerprint density at radius 3 is 1.10 bits per heavy atom. The number of carbonyl (C=O) groups is 3. The Kier molecular flexibility index (Phi) is 28.2. The zero-order chi connectivity index (χ0) is 81.8. The van der Waals surface area contributed by atoms with Crippen LogP contribution in [0, 0.1) is 21.7 Å². The summed E-state index contributed by atoms with van der Waals surface area (Å²) in [6.45, 7) is 17.4. The van der Waals surface area contributed by atoms with Gasteiger partial charge >= 0.3 is 6.18 Å². The molecule has 3 amide bonds. The number of carbonyl (C=O) groups excluding carboxylic acids is 3. The van der Waals surface area contributed by atoms with Gasteiger partial charge in [0, 0.05) is 69.6 Å². The van der Waals surface area contributed by atoms with Crippen LogP contribution in [0.2, 0.25) is 0 Å². The predicted octanol–water partition coefficient (Wildman–Crippen LogP) is 18.4. The standard InChI is InChI=1S/C31H34F3N5O.C30H33F2N5O.C30H34N6O3/c1-22(40)36-27-10-5-8-25(20-27)24-13-17-38(18-14-24)16-6-15-35-30-37-28-11-2-3-12-29(28)39(30)21-23-7-4-9-26(19-23)31(32,33)34;1-21(38)34-25-7-4-6-24(19-25)23-12-16-36(17-13-23)15-5-14-33-30-35-28-8-2-3-9-29(28)37(30)20-22-10-11-26(31)27(32)18-22;1-22(37)32-26-7-4-6-25(20-26)24-14-18-34(19-15-24)17-5-16-31-30-33-28-8-2-3-9-29(28)35(30)21-23-10-12-27(13-11-23)36(38)39/h2-5,7-12,19-20,24H,6,13-18,21H2,1H3,(H,35,37)(H,36,40);2-4,6-11,18-19,23H,5,12-17,20H2,1H3,(H,33,35)(H,34,38);2-4,6-13,20,24H,5,14-19,21H2,1H3,(H,31,33)(H,32,37). The molecule has 9 aromatic carbocycles. The minimum Gasteiger partial charge on any atom is -0.356 e. The van der Waals surface area contributed by atoms with Crippen LogP contribution < -0.4 is 31.9 Å². The van der Waals surface area contributed by atoms with Crippen LogP contribution in [0.3, 0.4) is 0 Å². The lowest BCUT2D eigenvalue weighted by Crippen LogP contribution is -2.34. The monoisotopic (exact) mass is 1590 g/mol. The van der Waals surface area contributed by atoms with E-state index in [-0.39, 0.29) is 28.3 Å². The van der Waals surface area contributed by atoms with Crippen molar-refractivity contribution in [2.75, 3.05) is 110 Å². The Morgan fingerprint density at radius 1 is 0.410 bits per heavy atom. The van der Waals surface area contributed by atoms with E-state index in [0.717, 1.165) is 203 Å². The third kappa shape index (κ3) is 23.0. The number of non-ortho nitro benzene ring substituents is 1. The fourth-order valence-corrected chi connectivity index (χ4v) is 16.1. The summed E-state index contributed by atoms with van der Waals surface area (Å²) in [5, 5.41) is 30.1. The molecule has 12 aromatic rings. The van der Waals surface area contributed by atoms with E-state index in [0.29, 0.717) is 61.0 Å². The summed E-state index contributed by atoms with van der Waals surface area (Å²) < 4.78 is 73.1. The highest BCUT2D eigenvalue weighted by Gasteiger charge is 2.31. The largest absolute Gasteiger partial charge is 0.416 e. The fraction of sp³-hybridized carbons (Fsp3) is 0.341. The number of para-hydroxylation sites is 6. The molecule has 3 fully saturated rings. The molecular formula is C91H101F5N16O5. The van der Waals surface area contributed by atoms with Gasteiger partial charge in [-0.25, -0.2) is 23.7 Å². The summed E-state index contributed by atoms with van der Waals surface area (Å²) in [6.07, 6.45) is 5.09. The second kappa shape index (κ2) is 39.6. The molecule has 0 saturated carbocycles. The van der Waals surface area contributed by atoms with Crippen molar-refractivity contribution < 1.29 is 41.3 Å². The van der Waals surface area contributed by atoms with Crippen LogP contribution in [-0.2, 0) is 40.2 Å². The van der Waals surface area contributed by atoms with Crippen LogP contribution in [0.5, 0.6) is 0 Å². The SMILES string of the molecule is CC(=O)Nc1cccc(C2CCN(CCCNc3nc4ccccc4n3Cc3ccc(F)c(F)c3)CC2)c1.CC(=O)Nc1cccc(C2CCN(CCCNc3nc4ccccc4n3Cc3ccc([N+](=O)[O-])cc3)CC2)c1.CC(=O)Nc1cccc(C2CCN(CCCNc3nc4ccccc4n3Cc3cccc(C(F)(F)F)c3)CC2)c1.